The predicted octanol–water partition coefficient (Wildman–Crippen LogP) is 1.97. The summed E-state index contributed by atoms with van der Waals surface area (Å²) in [5, 5.41) is 9.42. The van der Waals surface area contributed by atoms with Crippen molar-refractivity contribution >= 4 is 38.9 Å². The Morgan fingerprint density at radius 1 is 1.35 bits per heavy atom. The fourth-order valence-electron chi connectivity index (χ4n) is 1.41. The highest BCUT2D eigenvalue weighted by Gasteiger charge is 2.25. The van der Waals surface area contributed by atoms with Crippen LogP contribution in [0.4, 0.5) is 0 Å². The molecule has 0 saturated heterocycles. The largest absolute Gasteiger partial charge is 0.476 e. The van der Waals surface area contributed by atoms with Crippen LogP contribution in [0.15, 0.2) is 34.0 Å². The quantitative estimate of drug-likeness (QED) is 0.872. The van der Waals surface area contributed by atoms with Crippen LogP contribution in [0.25, 0.3) is 0 Å². The highest BCUT2D eigenvalue weighted by molar-refractivity contribution is 7.91. The molecule has 6 nitrogen and oxygen atoms in total. The number of rotatable bonds is 5. The molecule has 0 bridgehead atoms. The standard InChI is InChI=1S/C11H9ClN2O4S2/c12-8-3-1-7(2-4-8)5-14-20(17,18)11-9(10(15)16)13-6-19-11/h1-4,6,14H,5H2,(H,15,16). The SMILES string of the molecule is O=C(O)c1ncsc1S(=O)(=O)NCc1ccc(Cl)cc1. The van der Waals surface area contributed by atoms with Gasteiger partial charge >= 0.3 is 5.97 Å². The van der Waals surface area contributed by atoms with E-state index in [0.717, 1.165) is 11.3 Å². The summed E-state index contributed by atoms with van der Waals surface area (Å²) >= 11 is 6.49. The molecule has 1 heterocycles. The number of nitrogens with one attached hydrogen (secondary N) is 1. The highest BCUT2D eigenvalue weighted by atomic mass is 35.5. The molecule has 0 aliphatic heterocycles. The average molecular weight is 333 g/mol. The summed E-state index contributed by atoms with van der Waals surface area (Å²) in [5.41, 5.74) is 1.42. The van der Waals surface area contributed by atoms with Crippen LogP contribution in [0.5, 0.6) is 0 Å². The van der Waals surface area contributed by atoms with Gasteiger partial charge in [0, 0.05) is 11.6 Å². The van der Waals surface area contributed by atoms with Gasteiger partial charge in [0.2, 0.25) is 0 Å². The molecule has 2 rings (SSSR count). The van der Waals surface area contributed by atoms with Crippen molar-refractivity contribution in [1.82, 2.24) is 9.71 Å². The summed E-state index contributed by atoms with van der Waals surface area (Å²) in [6.45, 7) is 0.0382. The molecule has 2 N–H and O–H groups in total. The summed E-state index contributed by atoms with van der Waals surface area (Å²) in [6.07, 6.45) is 0. The third-order valence-corrected chi connectivity index (χ3v) is 5.38. The first-order valence-corrected chi connectivity index (χ1v) is 8.05. The van der Waals surface area contributed by atoms with Crippen LogP contribution < -0.4 is 4.72 Å². The third-order valence-electron chi connectivity index (χ3n) is 2.36. The molecule has 0 fully saturated rings. The van der Waals surface area contributed by atoms with Crippen molar-refractivity contribution in [1.29, 1.82) is 0 Å². The molecule has 0 saturated carbocycles. The topological polar surface area (TPSA) is 96.4 Å². The number of carboxylic acid groups (broad SMARTS) is 1. The van der Waals surface area contributed by atoms with Crippen LogP contribution in [-0.2, 0) is 16.6 Å². The lowest BCUT2D eigenvalue weighted by Crippen LogP contribution is -2.24. The van der Waals surface area contributed by atoms with E-state index in [2.05, 4.69) is 9.71 Å². The molecule has 0 radical (unpaired) electrons. The first-order chi connectivity index (χ1) is 9.40. The molecule has 20 heavy (non-hydrogen) atoms. The molecule has 0 spiro atoms. The van der Waals surface area contributed by atoms with E-state index < -0.39 is 21.7 Å². The van der Waals surface area contributed by atoms with E-state index in [9.17, 15) is 13.2 Å². The molecule has 2 aromatic rings. The highest BCUT2D eigenvalue weighted by Crippen LogP contribution is 2.20. The van der Waals surface area contributed by atoms with E-state index in [1.54, 1.807) is 24.3 Å². The number of carboxylic acids is 1. The zero-order valence-corrected chi connectivity index (χ0v) is 12.3. The van der Waals surface area contributed by atoms with Gasteiger partial charge in [0.25, 0.3) is 10.0 Å². The van der Waals surface area contributed by atoms with Crippen molar-refractivity contribution in [3.05, 3.63) is 46.1 Å². The normalized spacial score (nSPS) is 11.4. The second kappa shape index (κ2) is 5.88. The summed E-state index contributed by atoms with van der Waals surface area (Å²) in [5.74, 6) is -1.38. The molecule has 9 heteroatoms. The smallest absolute Gasteiger partial charge is 0.356 e. The van der Waals surface area contributed by atoms with Crippen molar-refractivity contribution in [3.63, 3.8) is 0 Å². The number of sulfonamides is 1. The minimum absolute atomic E-state index is 0.0382. The Bertz CT molecular complexity index is 725. The second-order valence-electron chi connectivity index (χ2n) is 3.74. The Kier molecular flexibility index (Phi) is 4.39. The number of halogens is 1. The molecule has 1 aromatic carbocycles. The lowest BCUT2D eigenvalue weighted by atomic mass is 10.2. The van der Waals surface area contributed by atoms with E-state index >= 15 is 0 Å². The van der Waals surface area contributed by atoms with Crippen LogP contribution in [-0.4, -0.2) is 24.5 Å². The van der Waals surface area contributed by atoms with Gasteiger partial charge < -0.3 is 5.11 Å². The van der Waals surface area contributed by atoms with Crippen molar-refractivity contribution in [2.45, 2.75) is 10.8 Å². The number of hydrogen-bond donors (Lipinski definition) is 2. The van der Waals surface area contributed by atoms with Gasteiger partial charge in [-0.1, -0.05) is 23.7 Å². The van der Waals surface area contributed by atoms with Gasteiger partial charge in [0.1, 0.15) is 0 Å². The van der Waals surface area contributed by atoms with Crippen molar-refractivity contribution in [2.75, 3.05) is 0 Å². The van der Waals surface area contributed by atoms with Crippen molar-refractivity contribution in [3.8, 4) is 0 Å². The van der Waals surface area contributed by atoms with E-state index in [4.69, 9.17) is 16.7 Å². The Morgan fingerprint density at radius 2 is 2.00 bits per heavy atom. The molecular weight excluding hydrogens is 324 g/mol. The van der Waals surface area contributed by atoms with Gasteiger partial charge in [0.05, 0.1) is 5.51 Å². The first-order valence-electron chi connectivity index (χ1n) is 5.31. The maximum absolute atomic E-state index is 12.0. The van der Waals surface area contributed by atoms with Crippen molar-refractivity contribution < 1.29 is 18.3 Å². The molecular formula is C11H9ClN2O4S2. The average Bonchev–Trinajstić information content (AvgIpc) is 2.88. The zero-order valence-electron chi connectivity index (χ0n) is 9.91. The van der Waals surface area contributed by atoms with E-state index in [1.807, 2.05) is 0 Å². The first kappa shape index (κ1) is 14.9. The van der Waals surface area contributed by atoms with Gasteiger partial charge in [-0.2, -0.15) is 0 Å². The number of aromatic nitrogens is 1. The molecule has 0 aliphatic rings. The monoisotopic (exact) mass is 332 g/mol. The van der Waals surface area contributed by atoms with Crippen LogP contribution in [0, 0.1) is 0 Å². The van der Waals surface area contributed by atoms with Gasteiger partial charge in [-0.3, -0.25) is 0 Å². The zero-order chi connectivity index (χ0) is 14.8. The number of hydrogen-bond acceptors (Lipinski definition) is 5. The van der Waals surface area contributed by atoms with Gasteiger partial charge in [-0.25, -0.2) is 22.9 Å². The van der Waals surface area contributed by atoms with Gasteiger partial charge in [-0.15, -0.1) is 11.3 Å². The Morgan fingerprint density at radius 3 is 2.60 bits per heavy atom. The second-order valence-corrected chi connectivity index (χ2v) is 7.00. The molecule has 106 valence electrons. The fraction of sp³-hybridized carbons (Fsp3) is 0.0909. The number of carbonyl (C=O) groups is 1. The van der Waals surface area contributed by atoms with E-state index in [1.165, 1.54) is 5.51 Å². The van der Waals surface area contributed by atoms with Crippen LogP contribution >= 0.6 is 22.9 Å². The number of benzene rings is 1. The maximum atomic E-state index is 12.0. The summed E-state index contributed by atoms with van der Waals surface area (Å²) in [4.78, 5) is 14.4. The number of aromatic carboxylic acids is 1. The Balaban J connectivity index is 2.17. The van der Waals surface area contributed by atoms with E-state index in [-0.39, 0.29) is 10.8 Å². The fourth-order valence-corrected chi connectivity index (χ4v) is 3.74. The number of thiazole rings is 1. The Labute approximate surface area is 124 Å². The molecule has 0 aliphatic carbocycles. The summed E-state index contributed by atoms with van der Waals surface area (Å²) in [7, 11) is -3.91. The lowest BCUT2D eigenvalue weighted by Gasteiger charge is -2.05. The molecule has 0 atom stereocenters. The van der Waals surface area contributed by atoms with Gasteiger partial charge in [0.15, 0.2) is 9.90 Å². The minimum Gasteiger partial charge on any atom is -0.476 e. The van der Waals surface area contributed by atoms with Crippen LogP contribution in [0.1, 0.15) is 16.1 Å². The third kappa shape index (κ3) is 3.34. The summed E-state index contributed by atoms with van der Waals surface area (Å²) in [6, 6.07) is 6.63. The lowest BCUT2D eigenvalue weighted by molar-refractivity contribution is 0.0687. The van der Waals surface area contributed by atoms with E-state index in [0.29, 0.717) is 10.6 Å². The molecule has 1 aromatic heterocycles. The predicted molar refractivity (Wildman–Crippen MR) is 74.6 cm³/mol. The van der Waals surface area contributed by atoms with Crippen LogP contribution in [0.3, 0.4) is 0 Å². The summed E-state index contributed by atoms with van der Waals surface area (Å²) < 4.78 is 26.1. The molecule has 0 unspecified atom stereocenters. The van der Waals surface area contributed by atoms with Crippen LogP contribution in [0.2, 0.25) is 5.02 Å². The maximum Gasteiger partial charge on any atom is 0.356 e. The number of nitrogens with zero attached hydrogens (tertiary/aromatic N) is 1. The van der Waals surface area contributed by atoms with Crippen molar-refractivity contribution in [2.24, 2.45) is 0 Å². The van der Waals surface area contributed by atoms with Gasteiger partial charge in [-0.05, 0) is 17.7 Å². The Hall–Kier alpha value is -1.48. The molecule has 0 amide bonds. The minimum atomic E-state index is -3.91.